The molecule has 3 rings (SSSR count). The van der Waals surface area contributed by atoms with E-state index in [-0.39, 0.29) is 17.8 Å². The number of rotatable bonds is 5. The molecule has 2 aromatic heterocycles. The first-order valence-corrected chi connectivity index (χ1v) is 8.78. The summed E-state index contributed by atoms with van der Waals surface area (Å²) in [7, 11) is 1.52. The van der Waals surface area contributed by atoms with Gasteiger partial charge in [-0.15, -0.1) is 0 Å². The number of hydrogen-bond acceptors (Lipinski definition) is 5. The number of halogens is 1. The van der Waals surface area contributed by atoms with Gasteiger partial charge in [-0.25, -0.2) is 14.3 Å². The van der Waals surface area contributed by atoms with Crippen molar-refractivity contribution in [2.45, 2.75) is 26.9 Å². The Bertz CT molecular complexity index is 1130. The van der Waals surface area contributed by atoms with Crippen LogP contribution in [0.25, 0.3) is 11.2 Å². The van der Waals surface area contributed by atoms with Gasteiger partial charge in [0.15, 0.2) is 11.2 Å². The van der Waals surface area contributed by atoms with Crippen molar-refractivity contribution < 1.29 is 9.53 Å². The molecule has 0 spiro atoms. The lowest BCUT2D eigenvalue weighted by Gasteiger charge is -2.10. The highest BCUT2D eigenvalue weighted by atomic mass is 35.5. The second-order valence-corrected chi connectivity index (χ2v) is 6.52. The number of carbonyl (C=O) groups is 1. The minimum absolute atomic E-state index is 0.170. The molecule has 3 aromatic rings. The predicted octanol–water partition coefficient (Wildman–Crippen LogP) is 1.47. The average molecular weight is 391 g/mol. The number of aryl methyl sites for hydroxylation is 2. The molecule has 0 atom stereocenters. The fourth-order valence-corrected chi connectivity index (χ4v) is 3.05. The monoisotopic (exact) mass is 390 g/mol. The van der Waals surface area contributed by atoms with E-state index in [9.17, 15) is 14.4 Å². The highest BCUT2D eigenvalue weighted by molar-refractivity contribution is 6.30. The Morgan fingerprint density at radius 3 is 2.48 bits per heavy atom. The van der Waals surface area contributed by atoms with Crippen molar-refractivity contribution in [2.24, 2.45) is 7.05 Å². The molecule has 1 aromatic carbocycles. The number of carbonyl (C=O) groups excluding carboxylic acids is 1. The first kappa shape index (κ1) is 18.9. The van der Waals surface area contributed by atoms with Crippen molar-refractivity contribution in [2.75, 3.05) is 6.61 Å². The largest absolute Gasteiger partial charge is 0.465 e. The number of imidazole rings is 1. The summed E-state index contributed by atoms with van der Waals surface area (Å²) in [5, 5.41) is 0.616. The van der Waals surface area contributed by atoms with Crippen LogP contribution in [0.5, 0.6) is 0 Å². The summed E-state index contributed by atoms with van der Waals surface area (Å²) in [5.41, 5.74) is 0.268. The number of esters is 1. The van der Waals surface area contributed by atoms with E-state index in [4.69, 9.17) is 16.3 Å². The first-order chi connectivity index (χ1) is 12.8. The van der Waals surface area contributed by atoms with E-state index in [2.05, 4.69) is 4.98 Å². The van der Waals surface area contributed by atoms with E-state index in [1.807, 2.05) is 12.1 Å². The number of ether oxygens (including phenoxy) is 1. The highest BCUT2D eigenvalue weighted by Crippen LogP contribution is 2.15. The molecule has 0 radical (unpaired) electrons. The molecule has 0 aliphatic carbocycles. The zero-order chi connectivity index (χ0) is 19.7. The smallest absolute Gasteiger partial charge is 0.333 e. The molecule has 0 fully saturated rings. The van der Waals surface area contributed by atoms with Gasteiger partial charge in [0.2, 0.25) is 0 Å². The molecule has 0 N–H and O–H groups in total. The fourth-order valence-electron chi connectivity index (χ4n) is 2.92. The van der Waals surface area contributed by atoms with Crippen molar-refractivity contribution in [1.82, 2.24) is 18.7 Å². The van der Waals surface area contributed by atoms with Crippen molar-refractivity contribution in [3.05, 3.63) is 61.5 Å². The molecular weight excluding hydrogens is 372 g/mol. The Morgan fingerprint density at radius 1 is 1.19 bits per heavy atom. The minimum atomic E-state index is -0.642. The average Bonchev–Trinajstić information content (AvgIpc) is 2.96. The van der Waals surface area contributed by atoms with Gasteiger partial charge in [0, 0.05) is 18.6 Å². The Morgan fingerprint density at radius 2 is 1.85 bits per heavy atom. The number of fused-ring (bicyclic) bond motifs is 1. The van der Waals surface area contributed by atoms with Gasteiger partial charge in [0.25, 0.3) is 5.56 Å². The number of aromatic nitrogens is 4. The molecular formula is C18H19ClN4O4. The third kappa shape index (κ3) is 3.52. The van der Waals surface area contributed by atoms with Gasteiger partial charge >= 0.3 is 11.7 Å². The maximum atomic E-state index is 13.0. The second-order valence-electron chi connectivity index (χ2n) is 6.08. The van der Waals surface area contributed by atoms with Crippen molar-refractivity contribution >= 4 is 28.7 Å². The maximum absolute atomic E-state index is 13.0. The summed E-state index contributed by atoms with van der Waals surface area (Å²) in [6.07, 6.45) is 0. The van der Waals surface area contributed by atoms with Gasteiger partial charge in [0.1, 0.15) is 12.4 Å². The molecule has 142 valence electrons. The van der Waals surface area contributed by atoms with E-state index in [1.165, 1.54) is 11.6 Å². The lowest BCUT2D eigenvalue weighted by molar-refractivity contribution is -0.143. The van der Waals surface area contributed by atoms with E-state index in [0.717, 1.165) is 10.1 Å². The Hall–Kier alpha value is -2.87. The molecule has 0 bridgehead atoms. The molecule has 0 unspecified atom stereocenters. The quantitative estimate of drug-likeness (QED) is 0.615. The molecule has 0 amide bonds. The van der Waals surface area contributed by atoms with Crippen LogP contribution in [0.3, 0.4) is 0 Å². The molecule has 0 aliphatic heterocycles. The molecule has 9 heteroatoms. The van der Waals surface area contributed by atoms with Gasteiger partial charge in [-0.05, 0) is 31.5 Å². The standard InChI is InChI=1S/C18H19ClN4O4/c1-4-27-14(24)10-23-17(25)15-16(21(3)18(23)26)20-11(2)22(15)9-12-5-7-13(19)8-6-12/h5-8H,4,9-10H2,1-3H3. The van der Waals surface area contributed by atoms with Gasteiger partial charge in [-0.3, -0.25) is 14.2 Å². The normalized spacial score (nSPS) is 11.1. The van der Waals surface area contributed by atoms with Crippen molar-refractivity contribution in [3.8, 4) is 0 Å². The number of nitrogens with zero attached hydrogens (tertiary/aromatic N) is 4. The molecule has 27 heavy (non-hydrogen) atoms. The highest BCUT2D eigenvalue weighted by Gasteiger charge is 2.20. The summed E-state index contributed by atoms with van der Waals surface area (Å²) in [4.78, 5) is 41.7. The van der Waals surface area contributed by atoms with Crippen LogP contribution in [0.2, 0.25) is 5.02 Å². The van der Waals surface area contributed by atoms with Crippen LogP contribution in [-0.2, 0) is 29.7 Å². The van der Waals surface area contributed by atoms with Crippen LogP contribution in [-0.4, -0.2) is 31.3 Å². The van der Waals surface area contributed by atoms with Crippen LogP contribution in [0.1, 0.15) is 18.3 Å². The third-order valence-corrected chi connectivity index (χ3v) is 4.52. The first-order valence-electron chi connectivity index (χ1n) is 8.40. The summed E-state index contributed by atoms with van der Waals surface area (Å²) in [6.45, 7) is 3.53. The van der Waals surface area contributed by atoms with E-state index in [0.29, 0.717) is 17.4 Å². The van der Waals surface area contributed by atoms with E-state index in [1.54, 1.807) is 30.5 Å². The van der Waals surface area contributed by atoms with Crippen LogP contribution in [0, 0.1) is 6.92 Å². The van der Waals surface area contributed by atoms with Crippen molar-refractivity contribution in [1.29, 1.82) is 0 Å². The Balaban J connectivity index is 2.18. The molecule has 2 heterocycles. The number of hydrogen-bond donors (Lipinski definition) is 0. The SMILES string of the molecule is CCOC(=O)Cn1c(=O)c2c(nc(C)n2Cc2ccc(Cl)cc2)n(C)c1=O. The van der Waals surface area contributed by atoms with E-state index >= 15 is 0 Å². The second kappa shape index (κ2) is 7.40. The lowest BCUT2D eigenvalue weighted by Crippen LogP contribution is -2.41. The number of benzene rings is 1. The van der Waals surface area contributed by atoms with Crippen molar-refractivity contribution in [3.63, 3.8) is 0 Å². The van der Waals surface area contributed by atoms with Crippen LogP contribution in [0.15, 0.2) is 33.9 Å². The molecule has 0 saturated carbocycles. The summed E-state index contributed by atoms with van der Waals surface area (Å²) in [5.74, 6) is -0.0579. The van der Waals surface area contributed by atoms with Crippen LogP contribution < -0.4 is 11.2 Å². The van der Waals surface area contributed by atoms with E-state index < -0.39 is 23.8 Å². The Kier molecular flexibility index (Phi) is 5.18. The topological polar surface area (TPSA) is 88.1 Å². The van der Waals surface area contributed by atoms with Gasteiger partial charge < -0.3 is 9.30 Å². The zero-order valence-electron chi connectivity index (χ0n) is 15.2. The summed E-state index contributed by atoms with van der Waals surface area (Å²) >= 11 is 5.92. The predicted molar refractivity (Wildman–Crippen MR) is 101 cm³/mol. The maximum Gasteiger partial charge on any atom is 0.333 e. The third-order valence-electron chi connectivity index (χ3n) is 4.27. The summed E-state index contributed by atoms with van der Waals surface area (Å²) < 4.78 is 8.73. The lowest BCUT2D eigenvalue weighted by atomic mass is 10.2. The van der Waals surface area contributed by atoms with Crippen LogP contribution >= 0.6 is 11.6 Å². The molecule has 0 aliphatic rings. The van der Waals surface area contributed by atoms with Gasteiger partial charge in [0.05, 0.1) is 6.61 Å². The summed E-state index contributed by atoms with van der Waals surface area (Å²) in [6, 6.07) is 7.24. The molecule has 8 nitrogen and oxygen atoms in total. The van der Waals surface area contributed by atoms with Gasteiger partial charge in [-0.2, -0.15) is 0 Å². The zero-order valence-corrected chi connectivity index (χ0v) is 16.0. The Labute approximate surface area is 159 Å². The molecule has 0 saturated heterocycles. The fraction of sp³-hybridized carbons (Fsp3) is 0.333. The van der Waals surface area contributed by atoms with Crippen LogP contribution in [0.4, 0.5) is 0 Å². The minimum Gasteiger partial charge on any atom is -0.465 e. The van der Waals surface area contributed by atoms with Gasteiger partial charge in [-0.1, -0.05) is 23.7 Å².